The van der Waals surface area contributed by atoms with Crippen LogP contribution in [0.5, 0.6) is 0 Å². The minimum absolute atomic E-state index is 0. The molecule has 0 unspecified atom stereocenters. The van der Waals surface area contributed by atoms with Gasteiger partial charge in [0.1, 0.15) is 4.34 Å². The van der Waals surface area contributed by atoms with E-state index < -0.39 is 0 Å². The van der Waals surface area contributed by atoms with E-state index >= 15 is 0 Å². The van der Waals surface area contributed by atoms with Crippen LogP contribution in [-0.2, 0) is 4.74 Å². The van der Waals surface area contributed by atoms with Crippen LogP contribution in [0.15, 0.2) is 20.9 Å². The monoisotopic (exact) mass is 501 g/mol. The molecule has 0 aliphatic heterocycles. The molecule has 146 valence electrons. The number of thioether (sulfide) groups is 1. The fourth-order valence-electron chi connectivity index (χ4n) is 1.99. The van der Waals surface area contributed by atoms with Crippen LogP contribution in [0.3, 0.4) is 0 Å². The number of aliphatic imine (C=N–C) groups is 1. The van der Waals surface area contributed by atoms with E-state index in [1.54, 1.807) is 30.2 Å². The summed E-state index contributed by atoms with van der Waals surface area (Å²) in [5.74, 6) is 1.96. The number of hydrogen-bond donors (Lipinski definition) is 2. The molecule has 25 heavy (non-hydrogen) atoms. The zero-order chi connectivity index (χ0) is 17.5. The predicted octanol–water partition coefficient (Wildman–Crippen LogP) is 2.77. The van der Waals surface area contributed by atoms with E-state index in [4.69, 9.17) is 4.74 Å². The van der Waals surface area contributed by atoms with Crippen LogP contribution in [0.4, 0.5) is 0 Å². The highest BCUT2D eigenvalue weighted by molar-refractivity contribution is 14.0. The Kier molecular flexibility index (Phi) is 17.3. The number of rotatable bonds is 13. The summed E-state index contributed by atoms with van der Waals surface area (Å²) in [6.45, 7) is 7.56. The molecule has 0 saturated heterocycles. The fraction of sp³-hybridized carbons (Fsp3) is 0.750. The molecule has 9 heteroatoms. The lowest BCUT2D eigenvalue weighted by molar-refractivity contribution is 0.180. The Morgan fingerprint density at radius 3 is 2.88 bits per heavy atom. The molecule has 6 nitrogen and oxygen atoms in total. The van der Waals surface area contributed by atoms with Gasteiger partial charge in [0.2, 0.25) is 0 Å². The molecule has 1 aromatic rings. The SMILES string of the molecule is CCNC(=NCCCSc1nccs1)NCCN(C)CCCOC.I. The molecule has 0 fully saturated rings. The van der Waals surface area contributed by atoms with Crippen LogP contribution in [0.25, 0.3) is 0 Å². The molecule has 0 aromatic carbocycles. The molecular formula is C16H32IN5OS2. The predicted molar refractivity (Wildman–Crippen MR) is 121 cm³/mol. The average Bonchev–Trinajstić information content (AvgIpc) is 3.08. The Morgan fingerprint density at radius 2 is 2.20 bits per heavy atom. The third kappa shape index (κ3) is 13.7. The first-order valence-corrected chi connectivity index (χ1v) is 10.3. The Bertz CT molecular complexity index is 434. The molecule has 0 amide bonds. The summed E-state index contributed by atoms with van der Waals surface area (Å²) in [6, 6.07) is 0. The van der Waals surface area contributed by atoms with E-state index in [0.717, 1.165) is 68.2 Å². The van der Waals surface area contributed by atoms with E-state index in [9.17, 15) is 0 Å². The molecule has 1 aromatic heterocycles. The summed E-state index contributed by atoms with van der Waals surface area (Å²) in [5.41, 5.74) is 0. The highest BCUT2D eigenvalue weighted by atomic mass is 127. The summed E-state index contributed by atoms with van der Waals surface area (Å²) < 4.78 is 6.22. The van der Waals surface area contributed by atoms with Gasteiger partial charge in [0, 0.05) is 63.8 Å². The van der Waals surface area contributed by atoms with E-state index in [-0.39, 0.29) is 24.0 Å². The highest BCUT2D eigenvalue weighted by Gasteiger charge is 2.01. The number of aromatic nitrogens is 1. The van der Waals surface area contributed by atoms with Gasteiger partial charge in [-0.3, -0.25) is 4.99 Å². The zero-order valence-electron chi connectivity index (χ0n) is 15.5. The lowest BCUT2D eigenvalue weighted by Crippen LogP contribution is -2.41. The van der Waals surface area contributed by atoms with Crippen molar-refractivity contribution in [2.75, 3.05) is 59.2 Å². The number of nitrogens with zero attached hydrogens (tertiary/aromatic N) is 3. The number of likely N-dealkylation sites (N-methyl/N-ethyl adjacent to an activating group) is 1. The van der Waals surface area contributed by atoms with Crippen LogP contribution in [-0.4, -0.2) is 75.1 Å². The van der Waals surface area contributed by atoms with Crippen molar-refractivity contribution in [2.24, 2.45) is 4.99 Å². The molecule has 0 aliphatic carbocycles. The van der Waals surface area contributed by atoms with E-state index in [2.05, 4.69) is 39.5 Å². The second-order valence-corrected chi connectivity index (χ2v) is 7.57. The van der Waals surface area contributed by atoms with E-state index in [1.807, 2.05) is 11.6 Å². The van der Waals surface area contributed by atoms with Crippen LogP contribution in [0, 0.1) is 0 Å². The molecule has 1 heterocycles. The Morgan fingerprint density at radius 1 is 1.36 bits per heavy atom. The molecule has 0 spiro atoms. The molecular weight excluding hydrogens is 469 g/mol. The third-order valence-electron chi connectivity index (χ3n) is 3.23. The zero-order valence-corrected chi connectivity index (χ0v) is 19.5. The first kappa shape index (κ1) is 24.9. The molecule has 2 N–H and O–H groups in total. The number of guanidine groups is 1. The maximum atomic E-state index is 5.08. The van der Waals surface area contributed by atoms with Crippen molar-refractivity contribution in [2.45, 2.75) is 24.1 Å². The Hall–Kier alpha value is -0.100. The normalized spacial score (nSPS) is 11.4. The van der Waals surface area contributed by atoms with Gasteiger partial charge in [-0.1, -0.05) is 11.8 Å². The van der Waals surface area contributed by atoms with Gasteiger partial charge in [-0.05, 0) is 26.8 Å². The number of hydrogen-bond acceptors (Lipinski definition) is 6. The third-order valence-corrected chi connectivity index (χ3v) is 5.28. The minimum atomic E-state index is 0. The molecule has 0 atom stereocenters. The Labute approximate surface area is 177 Å². The van der Waals surface area contributed by atoms with Gasteiger partial charge in [-0.25, -0.2) is 4.98 Å². The summed E-state index contributed by atoms with van der Waals surface area (Å²) in [5, 5.41) is 8.71. The van der Waals surface area contributed by atoms with Crippen LogP contribution < -0.4 is 10.6 Å². The summed E-state index contributed by atoms with van der Waals surface area (Å²) in [4.78, 5) is 11.2. The van der Waals surface area contributed by atoms with Gasteiger partial charge < -0.3 is 20.3 Å². The quantitative estimate of drug-likeness (QED) is 0.143. The van der Waals surface area contributed by atoms with Crippen molar-refractivity contribution < 1.29 is 4.74 Å². The van der Waals surface area contributed by atoms with Gasteiger partial charge in [0.05, 0.1) is 0 Å². The Balaban J connectivity index is 0.00000576. The van der Waals surface area contributed by atoms with Crippen molar-refractivity contribution in [1.82, 2.24) is 20.5 Å². The summed E-state index contributed by atoms with van der Waals surface area (Å²) in [6.07, 6.45) is 3.97. The van der Waals surface area contributed by atoms with Gasteiger partial charge >= 0.3 is 0 Å². The summed E-state index contributed by atoms with van der Waals surface area (Å²) in [7, 11) is 3.88. The smallest absolute Gasteiger partial charge is 0.191 e. The van der Waals surface area contributed by atoms with Crippen molar-refractivity contribution in [3.05, 3.63) is 11.6 Å². The van der Waals surface area contributed by atoms with E-state index in [0.29, 0.717) is 0 Å². The standard InChI is InChI=1S/C16H31N5OS2.HI/c1-4-17-15(19-8-11-21(2)10-6-12-22-3)18-7-5-13-23-16-20-9-14-24-16;/h9,14H,4-8,10-13H2,1-3H3,(H2,17,18,19);1H. The first-order valence-electron chi connectivity index (χ1n) is 8.48. The molecule has 0 aliphatic rings. The second kappa shape index (κ2) is 17.3. The number of thiazole rings is 1. The van der Waals surface area contributed by atoms with Crippen molar-refractivity contribution in [1.29, 1.82) is 0 Å². The topological polar surface area (TPSA) is 61.8 Å². The molecule has 1 rings (SSSR count). The average molecular weight is 502 g/mol. The second-order valence-electron chi connectivity index (χ2n) is 5.34. The first-order chi connectivity index (χ1) is 11.8. The van der Waals surface area contributed by atoms with Crippen molar-refractivity contribution in [3.8, 4) is 0 Å². The van der Waals surface area contributed by atoms with Crippen LogP contribution in [0.1, 0.15) is 19.8 Å². The van der Waals surface area contributed by atoms with Gasteiger partial charge in [0.25, 0.3) is 0 Å². The maximum absolute atomic E-state index is 5.08. The lowest BCUT2D eigenvalue weighted by Gasteiger charge is -2.18. The largest absolute Gasteiger partial charge is 0.385 e. The number of halogens is 1. The minimum Gasteiger partial charge on any atom is -0.385 e. The van der Waals surface area contributed by atoms with Gasteiger partial charge in [-0.15, -0.1) is 35.3 Å². The maximum Gasteiger partial charge on any atom is 0.191 e. The number of ether oxygens (including phenoxy) is 1. The van der Waals surface area contributed by atoms with E-state index in [1.165, 1.54) is 0 Å². The molecule has 0 radical (unpaired) electrons. The highest BCUT2D eigenvalue weighted by Crippen LogP contribution is 2.20. The number of methoxy groups -OCH3 is 1. The van der Waals surface area contributed by atoms with Crippen LogP contribution in [0.2, 0.25) is 0 Å². The fourth-order valence-corrected chi connectivity index (χ4v) is 3.63. The molecule has 0 bridgehead atoms. The number of nitrogens with one attached hydrogen (secondary N) is 2. The van der Waals surface area contributed by atoms with Crippen molar-refractivity contribution >= 4 is 53.0 Å². The lowest BCUT2D eigenvalue weighted by atomic mass is 10.4. The van der Waals surface area contributed by atoms with Gasteiger partial charge in [0.15, 0.2) is 5.96 Å². The van der Waals surface area contributed by atoms with Crippen molar-refractivity contribution in [3.63, 3.8) is 0 Å². The molecule has 0 saturated carbocycles. The van der Waals surface area contributed by atoms with Gasteiger partial charge in [-0.2, -0.15) is 0 Å². The van der Waals surface area contributed by atoms with Crippen LogP contribution >= 0.6 is 47.1 Å². The summed E-state index contributed by atoms with van der Waals surface area (Å²) >= 11 is 3.50.